The van der Waals surface area contributed by atoms with Crippen LogP contribution in [0, 0.1) is 0 Å². The summed E-state index contributed by atoms with van der Waals surface area (Å²) in [5.74, 6) is -0.654. The van der Waals surface area contributed by atoms with E-state index in [4.69, 9.17) is 34.8 Å². The SMILES string of the molecule is CC1(NC(=O)c2cccc(CCl)c2)CC=C(Cl)C=C1C(=O)c1cnn(-c2ccc(Cl)c(C(F)(F)F)c2)c1. The highest BCUT2D eigenvalue weighted by molar-refractivity contribution is 6.32. The lowest BCUT2D eigenvalue weighted by atomic mass is 9.80. The number of ketones is 1. The standard InChI is InChI=1S/C26H19Cl3F3N3O2/c1-25(34-24(37)16-4-2-3-15(9-16)12-27)8-7-18(28)10-21(25)23(36)17-13-33-35(14-17)19-5-6-22(29)20(11-19)26(30,31)32/h2-7,9-11,13-14H,8,12H2,1H3,(H,34,37). The Balaban J connectivity index is 1.63. The number of alkyl halides is 4. The number of aromatic nitrogens is 2. The van der Waals surface area contributed by atoms with Gasteiger partial charge in [-0.2, -0.15) is 18.3 Å². The van der Waals surface area contributed by atoms with E-state index in [0.29, 0.717) is 10.6 Å². The van der Waals surface area contributed by atoms with Crippen molar-refractivity contribution in [3.8, 4) is 5.69 Å². The first-order chi connectivity index (χ1) is 17.4. The van der Waals surface area contributed by atoms with Gasteiger partial charge in [0.15, 0.2) is 5.78 Å². The Morgan fingerprint density at radius 2 is 1.89 bits per heavy atom. The van der Waals surface area contributed by atoms with Gasteiger partial charge in [0.2, 0.25) is 0 Å². The smallest absolute Gasteiger partial charge is 0.342 e. The zero-order valence-corrected chi connectivity index (χ0v) is 21.5. The van der Waals surface area contributed by atoms with E-state index in [-0.39, 0.29) is 29.1 Å². The summed E-state index contributed by atoms with van der Waals surface area (Å²) in [4.78, 5) is 26.6. The molecule has 0 saturated carbocycles. The molecule has 1 atom stereocenters. The lowest BCUT2D eigenvalue weighted by Gasteiger charge is -2.34. The molecule has 1 aliphatic carbocycles. The lowest BCUT2D eigenvalue weighted by Crippen LogP contribution is -2.50. The third-order valence-corrected chi connectivity index (χ3v) is 6.83. The number of benzene rings is 2. The van der Waals surface area contributed by atoms with Crippen molar-refractivity contribution < 1.29 is 22.8 Å². The Hall–Kier alpha value is -3.07. The summed E-state index contributed by atoms with van der Waals surface area (Å²) in [5.41, 5.74) is -0.615. The average molecular weight is 569 g/mol. The second kappa shape index (κ2) is 10.4. The first kappa shape index (κ1) is 27.0. The minimum absolute atomic E-state index is 0.0709. The number of nitrogens with zero attached hydrogens (tertiary/aromatic N) is 2. The number of Topliss-reactive ketones (excluding diaryl/α,β-unsaturated/α-hetero) is 1. The van der Waals surface area contributed by atoms with E-state index in [9.17, 15) is 22.8 Å². The summed E-state index contributed by atoms with van der Waals surface area (Å²) in [5, 5.41) is 6.84. The van der Waals surface area contributed by atoms with Crippen LogP contribution >= 0.6 is 34.8 Å². The first-order valence-corrected chi connectivity index (χ1v) is 12.2. The van der Waals surface area contributed by atoms with Crippen LogP contribution in [-0.4, -0.2) is 27.0 Å². The molecular formula is C26H19Cl3F3N3O2. The Labute approximate surface area is 225 Å². The highest BCUT2D eigenvalue weighted by Crippen LogP contribution is 2.36. The molecule has 4 rings (SSSR count). The summed E-state index contributed by atoms with van der Waals surface area (Å²) in [7, 11) is 0. The molecule has 2 aromatic carbocycles. The molecule has 0 fully saturated rings. The molecule has 3 aromatic rings. The van der Waals surface area contributed by atoms with Crippen molar-refractivity contribution in [1.29, 1.82) is 0 Å². The molecule has 1 heterocycles. The highest BCUT2D eigenvalue weighted by Gasteiger charge is 2.38. The fraction of sp³-hybridized carbons (Fsp3) is 0.192. The monoisotopic (exact) mass is 567 g/mol. The second-order valence-corrected chi connectivity index (χ2v) is 9.75. The molecule has 1 amide bonds. The van der Waals surface area contributed by atoms with Crippen molar-refractivity contribution in [3.05, 3.63) is 105 Å². The first-order valence-electron chi connectivity index (χ1n) is 10.9. The van der Waals surface area contributed by atoms with Crippen LogP contribution in [0.5, 0.6) is 0 Å². The van der Waals surface area contributed by atoms with Crippen LogP contribution in [0.1, 0.15) is 45.2 Å². The minimum atomic E-state index is -4.65. The van der Waals surface area contributed by atoms with Gasteiger partial charge in [-0.05, 0) is 55.3 Å². The Morgan fingerprint density at radius 3 is 2.59 bits per heavy atom. The van der Waals surface area contributed by atoms with Crippen molar-refractivity contribution in [2.24, 2.45) is 0 Å². The van der Waals surface area contributed by atoms with E-state index >= 15 is 0 Å². The van der Waals surface area contributed by atoms with E-state index in [1.54, 1.807) is 37.3 Å². The summed E-state index contributed by atoms with van der Waals surface area (Å²) in [6.07, 6.45) is 1.28. The zero-order chi connectivity index (χ0) is 27.0. The number of allylic oxidation sites excluding steroid dienone is 2. The summed E-state index contributed by atoms with van der Waals surface area (Å²) in [6, 6.07) is 10.1. The summed E-state index contributed by atoms with van der Waals surface area (Å²) >= 11 is 17.8. The Kier molecular flexibility index (Phi) is 7.55. The van der Waals surface area contributed by atoms with Crippen LogP contribution in [0.2, 0.25) is 5.02 Å². The highest BCUT2D eigenvalue weighted by atomic mass is 35.5. The fourth-order valence-electron chi connectivity index (χ4n) is 3.93. The number of hydrogen-bond donors (Lipinski definition) is 1. The van der Waals surface area contributed by atoms with Gasteiger partial charge >= 0.3 is 6.18 Å². The van der Waals surface area contributed by atoms with Gasteiger partial charge in [-0.25, -0.2) is 4.68 Å². The summed E-state index contributed by atoms with van der Waals surface area (Å²) in [6.45, 7) is 1.69. The largest absolute Gasteiger partial charge is 0.417 e. The maximum absolute atomic E-state index is 13.5. The average Bonchev–Trinajstić information content (AvgIpc) is 3.35. The van der Waals surface area contributed by atoms with Gasteiger partial charge < -0.3 is 5.32 Å². The molecule has 5 nitrogen and oxygen atoms in total. The number of halogens is 6. The molecule has 1 unspecified atom stereocenters. The third-order valence-electron chi connectivity index (χ3n) is 5.92. The van der Waals surface area contributed by atoms with Gasteiger partial charge in [-0.15, -0.1) is 11.6 Å². The van der Waals surface area contributed by atoms with Crippen LogP contribution in [0.3, 0.4) is 0 Å². The minimum Gasteiger partial charge on any atom is -0.342 e. The van der Waals surface area contributed by atoms with Gasteiger partial charge in [-0.3, -0.25) is 9.59 Å². The van der Waals surface area contributed by atoms with Gasteiger partial charge in [0.05, 0.1) is 33.6 Å². The molecule has 0 radical (unpaired) electrons. The van der Waals surface area contributed by atoms with E-state index in [0.717, 1.165) is 22.4 Å². The normalized spacial score (nSPS) is 17.7. The predicted molar refractivity (Wildman–Crippen MR) is 136 cm³/mol. The number of nitrogens with one attached hydrogen (secondary N) is 1. The molecule has 0 saturated heterocycles. The maximum Gasteiger partial charge on any atom is 0.417 e. The maximum atomic E-state index is 13.5. The third kappa shape index (κ3) is 5.76. The van der Waals surface area contributed by atoms with Crippen LogP contribution in [-0.2, 0) is 12.1 Å². The van der Waals surface area contributed by atoms with Crippen molar-refractivity contribution in [1.82, 2.24) is 15.1 Å². The fourth-order valence-corrected chi connectivity index (χ4v) is 4.51. The zero-order valence-electron chi connectivity index (χ0n) is 19.2. The molecule has 1 N–H and O–H groups in total. The van der Waals surface area contributed by atoms with Gasteiger partial charge in [-0.1, -0.05) is 41.4 Å². The molecule has 1 aromatic heterocycles. The molecule has 0 aliphatic heterocycles. The number of carbonyl (C=O) groups excluding carboxylic acids is 2. The van der Waals surface area contributed by atoms with E-state index in [1.165, 1.54) is 24.5 Å². The van der Waals surface area contributed by atoms with E-state index in [1.807, 2.05) is 0 Å². The molecule has 192 valence electrons. The predicted octanol–water partition coefficient (Wildman–Crippen LogP) is 7.11. The molecular weight excluding hydrogens is 550 g/mol. The van der Waals surface area contributed by atoms with E-state index in [2.05, 4.69) is 10.4 Å². The lowest BCUT2D eigenvalue weighted by molar-refractivity contribution is -0.137. The van der Waals surface area contributed by atoms with Crippen molar-refractivity contribution in [2.75, 3.05) is 0 Å². The van der Waals surface area contributed by atoms with Crippen LogP contribution in [0.15, 0.2) is 77.6 Å². The topological polar surface area (TPSA) is 64.0 Å². The van der Waals surface area contributed by atoms with Gasteiger partial charge in [0.1, 0.15) is 0 Å². The number of carbonyl (C=O) groups is 2. The van der Waals surface area contributed by atoms with Gasteiger partial charge in [0.25, 0.3) is 5.91 Å². The molecule has 11 heteroatoms. The Bertz CT molecular complexity index is 1450. The quantitative estimate of drug-likeness (QED) is 0.255. The number of rotatable bonds is 6. The van der Waals surface area contributed by atoms with Crippen molar-refractivity contribution in [2.45, 2.75) is 30.9 Å². The number of amides is 1. The molecule has 1 aliphatic rings. The van der Waals surface area contributed by atoms with Crippen LogP contribution < -0.4 is 5.32 Å². The van der Waals surface area contributed by atoms with Gasteiger partial charge in [0, 0.05) is 28.2 Å². The van der Waals surface area contributed by atoms with E-state index < -0.39 is 34.0 Å². The van der Waals surface area contributed by atoms with Crippen molar-refractivity contribution in [3.63, 3.8) is 0 Å². The molecule has 0 spiro atoms. The van der Waals surface area contributed by atoms with Crippen LogP contribution in [0.25, 0.3) is 5.69 Å². The van der Waals surface area contributed by atoms with Crippen molar-refractivity contribution >= 4 is 46.5 Å². The second-order valence-electron chi connectivity index (χ2n) is 8.64. The van der Waals surface area contributed by atoms with Crippen LogP contribution in [0.4, 0.5) is 13.2 Å². The Morgan fingerprint density at radius 1 is 1.14 bits per heavy atom. The number of hydrogen-bond acceptors (Lipinski definition) is 3. The molecule has 37 heavy (non-hydrogen) atoms. The summed E-state index contributed by atoms with van der Waals surface area (Å²) < 4.78 is 41.0. The molecule has 0 bridgehead atoms.